The fourth-order valence-corrected chi connectivity index (χ4v) is 2.43. The van der Waals surface area contributed by atoms with E-state index in [1.807, 2.05) is 0 Å². The van der Waals surface area contributed by atoms with Gasteiger partial charge in [-0.05, 0) is 25.7 Å². The van der Waals surface area contributed by atoms with E-state index in [1.54, 1.807) is 7.11 Å². The second kappa shape index (κ2) is 5.35. The van der Waals surface area contributed by atoms with E-state index in [9.17, 15) is 14.9 Å². The van der Waals surface area contributed by atoms with Crippen molar-refractivity contribution in [1.82, 2.24) is 9.78 Å². The largest absolute Gasteiger partial charge is 0.476 e. The van der Waals surface area contributed by atoms with Crippen molar-refractivity contribution in [1.29, 1.82) is 0 Å². The summed E-state index contributed by atoms with van der Waals surface area (Å²) in [5.74, 6) is -1.38. The van der Waals surface area contributed by atoms with Crippen LogP contribution in [0.3, 0.4) is 0 Å². The molecule has 1 N–H and O–H groups in total. The molecule has 0 aliphatic heterocycles. The highest BCUT2D eigenvalue weighted by Gasteiger charge is 2.30. The molecule has 19 heavy (non-hydrogen) atoms. The zero-order chi connectivity index (χ0) is 14.0. The lowest BCUT2D eigenvalue weighted by Crippen LogP contribution is -2.24. The summed E-state index contributed by atoms with van der Waals surface area (Å²) in [5.41, 5.74) is -0.975. The summed E-state index contributed by atoms with van der Waals surface area (Å²) in [4.78, 5) is 21.0. The Labute approximate surface area is 109 Å². The Bertz CT molecular complexity index is 467. The van der Waals surface area contributed by atoms with Crippen LogP contribution in [0.25, 0.3) is 0 Å². The number of aromatic carboxylic acids is 1. The summed E-state index contributed by atoms with van der Waals surface area (Å²) in [7, 11) is 1.63. The molecule has 8 heteroatoms. The molecule has 1 saturated carbocycles. The summed E-state index contributed by atoms with van der Waals surface area (Å²) in [5, 5.41) is 23.6. The van der Waals surface area contributed by atoms with Crippen molar-refractivity contribution in [3.05, 3.63) is 22.0 Å². The summed E-state index contributed by atoms with van der Waals surface area (Å²) in [6.07, 6.45) is 4.68. The van der Waals surface area contributed by atoms with Gasteiger partial charge >= 0.3 is 11.7 Å². The van der Waals surface area contributed by atoms with E-state index in [2.05, 4.69) is 5.10 Å². The standard InChI is InChI=1S/C11H15N3O5/c1-19-8-4-2-3-7(5-8)13-6-9(14(17)18)10(12-13)11(15)16/h6-8H,2-5H2,1H3,(H,15,16). The highest BCUT2D eigenvalue weighted by Crippen LogP contribution is 2.31. The van der Waals surface area contributed by atoms with Crippen LogP contribution in [-0.4, -0.2) is 39.0 Å². The minimum absolute atomic E-state index is 0.0505. The molecule has 1 heterocycles. The topological polar surface area (TPSA) is 107 Å². The van der Waals surface area contributed by atoms with Gasteiger partial charge in [-0.25, -0.2) is 4.79 Å². The highest BCUT2D eigenvalue weighted by atomic mass is 16.6. The van der Waals surface area contributed by atoms with E-state index in [0.717, 1.165) is 19.3 Å². The smallest absolute Gasteiger partial charge is 0.363 e. The van der Waals surface area contributed by atoms with Crippen LogP contribution < -0.4 is 0 Å². The Balaban J connectivity index is 2.27. The van der Waals surface area contributed by atoms with Crippen molar-refractivity contribution < 1.29 is 19.6 Å². The van der Waals surface area contributed by atoms with Gasteiger partial charge in [-0.1, -0.05) is 0 Å². The Hall–Kier alpha value is -1.96. The number of carbonyl (C=O) groups is 1. The Morgan fingerprint density at radius 1 is 1.63 bits per heavy atom. The fourth-order valence-electron chi connectivity index (χ4n) is 2.43. The van der Waals surface area contributed by atoms with Gasteiger partial charge in [0.2, 0.25) is 5.69 Å². The van der Waals surface area contributed by atoms with Gasteiger partial charge in [0.15, 0.2) is 0 Å². The summed E-state index contributed by atoms with van der Waals surface area (Å²) in [6.45, 7) is 0. The van der Waals surface area contributed by atoms with Gasteiger partial charge < -0.3 is 9.84 Å². The number of rotatable bonds is 4. The van der Waals surface area contributed by atoms with Crippen LogP contribution in [0.4, 0.5) is 5.69 Å². The molecular formula is C11H15N3O5. The molecule has 1 aliphatic carbocycles. The number of nitrogens with zero attached hydrogens (tertiary/aromatic N) is 3. The van der Waals surface area contributed by atoms with E-state index in [-0.39, 0.29) is 12.1 Å². The van der Waals surface area contributed by atoms with E-state index in [4.69, 9.17) is 9.84 Å². The fraction of sp³-hybridized carbons (Fsp3) is 0.636. The molecule has 0 aromatic carbocycles. The van der Waals surface area contributed by atoms with Gasteiger partial charge in [-0.2, -0.15) is 5.10 Å². The summed E-state index contributed by atoms with van der Waals surface area (Å²) in [6, 6.07) is -0.0505. The molecule has 0 saturated heterocycles. The summed E-state index contributed by atoms with van der Waals surface area (Å²) >= 11 is 0. The van der Waals surface area contributed by atoms with Crippen molar-refractivity contribution in [2.45, 2.75) is 37.8 Å². The molecule has 0 radical (unpaired) electrons. The molecule has 0 amide bonds. The van der Waals surface area contributed by atoms with Crippen molar-refractivity contribution in [2.24, 2.45) is 0 Å². The van der Waals surface area contributed by atoms with Crippen LogP contribution >= 0.6 is 0 Å². The van der Waals surface area contributed by atoms with Gasteiger partial charge in [-0.3, -0.25) is 14.8 Å². The number of hydrogen-bond acceptors (Lipinski definition) is 5. The van der Waals surface area contributed by atoms with Crippen molar-refractivity contribution in [2.75, 3.05) is 7.11 Å². The first kappa shape index (κ1) is 13.5. The van der Waals surface area contributed by atoms with E-state index < -0.39 is 22.3 Å². The maximum Gasteiger partial charge on any atom is 0.363 e. The molecule has 2 atom stereocenters. The average Bonchev–Trinajstić information content (AvgIpc) is 2.84. The first-order chi connectivity index (χ1) is 9.02. The third kappa shape index (κ3) is 2.73. The predicted molar refractivity (Wildman–Crippen MR) is 64.1 cm³/mol. The van der Waals surface area contributed by atoms with Crippen molar-refractivity contribution >= 4 is 11.7 Å². The SMILES string of the molecule is COC1CCCC(n2cc([N+](=O)[O-])c(C(=O)O)n2)C1. The number of carboxylic acids is 1. The van der Waals surface area contributed by atoms with Crippen molar-refractivity contribution in [3.63, 3.8) is 0 Å². The van der Waals surface area contributed by atoms with Crippen LogP contribution in [0.1, 0.15) is 42.2 Å². The number of carboxylic acid groups (broad SMARTS) is 1. The monoisotopic (exact) mass is 269 g/mol. The molecule has 1 aromatic heterocycles. The van der Waals surface area contributed by atoms with E-state index in [0.29, 0.717) is 6.42 Å². The normalized spacial score (nSPS) is 23.2. The Morgan fingerprint density at radius 2 is 2.37 bits per heavy atom. The molecule has 0 bridgehead atoms. The predicted octanol–water partition coefficient (Wildman–Crippen LogP) is 1.62. The van der Waals surface area contributed by atoms with Gasteiger partial charge in [0, 0.05) is 7.11 Å². The Kier molecular flexibility index (Phi) is 3.79. The Morgan fingerprint density at radius 3 is 2.89 bits per heavy atom. The van der Waals surface area contributed by atoms with Crippen LogP contribution in [0.2, 0.25) is 0 Å². The maximum absolute atomic E-state index is 10.9. The summed E-state index contributed by atoms with van der Waals surface area (Å²) < 4.78 is 6.68. The molecule has 1 aromatic rings. The second-order valence-corrected chi connectivity index (χ2v) is 4.58. The minimum atomic E-state index is -1.38. The van der Waals surface area contributed by atoms with E-state index in [1.165, 1.54) is 10.9 Å². The molecule has 1 fully saturated rings. The maximum atomic E-state index is 10.9. The first-order valence-electron chi connectivity index (χ1n) is 6.02. The van der Waals surface area contributed by atoms with Gasteiger partial charge in [0.05, 0.1) is 17.1 Å². The van der Waals surface area contributed by atoms with Gasteiger partial charge in [-0.15, -0.1) is 0 Å². The average molecular weight is 269 g/mol. The zero-order valence-electron chi connectivity index (χ0n) is 10.5. The van der Waals surface area contributed by atoms with Gasteiger partial charge in [0.1, 0.15) is 6.20 Å². The molecule has 2 unspecified atom stereocenters. The number of aromatic nitrogens is 2. The number of hydrogen-bond donors (Lipinski definition) is 1. The molecule has 1 aliphatic rings. The lowest BCUT2D eigenvalue weighted by atomic mass is 9.93. The number of nitro groups is 1. The van der Waals surface area contributed by atoms with Crippen LogP contribution in [-0.2, 0) is 4.74 Å². The minimum Gasteiger partial charge on any atom is -0.476 e. The van der Waals surface area contributed by atoms with Crippen molar-refractivity contribution in [3.8, 4) is 0 Å². The zero-order valence-corrected chi connectivity index (χ0v) is 10.5. The van der Waals surface area contributed by atoms with Crippen LogP contribution in [0, 0.1) is 10.1 Å². The molecular weight excluding hydrogens is 254 g/mol. The number of ether oxygens (including phenoxy) is 1. The molecule has 0 spiro atoms. The molecule has 2 rings (SSSR count). The van der Waals surface area contributed by atoms with Crippen LogP contribution in [0.15, 0.2) is 6.20 Å². The van der Waals surface area contributed by atoms with Gasteiger partial charge in [0.25, 0.3) is 0 Å². The second-order valence-electron chi connectivity index (χ2n) is 4.58. The number of methoxy groups -OCH3 is 1. The molecule has 104 valence electrons. The third-order valence-corrected chi connectivity index (χ3v) is 3.42. The van der Waals surface area contributed by atoms with Crippen LogP contribution in [0.5, 0.6) is 0 Å². The first-order valence-corrected chi connectivity index (χ1v) is 6.02. The highest BCUT2D eigenvalue weighted by molar-refractivity contribution is 5.89. The lowest BCUT2D eigenvalue weighted by molar-refractivity contribution is -0.385. The lowest BCUT2D eigenvalue weighted by Gasteiger charge is -2.28. The molecule has 8 nitrogen and oxygen atoms in total. The van der Waals surface area contributed by atoms with E-state index >= 15 is 0 Å². The quantitative estimate of drug-likeness (QED) is 0.657. The third-order valence-electron chi connectivity index (χ3n) is 3.42.